The summed E-state index contributed by atoms with van der Waals surface area (Å²) in [5.74, 6) is -0.345. The summed E-state index contributed by atoms with van der Waals surface area (Å²) in [5, 5.41) is 0. The Bertz CT molecular complexity index is 412. The molecule has 0 aromatic rings. The maximum Gasteiger partial charge on any atom is 0.335 e. The number of nitrogens with zero attached hydrogens (tertiary/aromatic N) is 1. The van der Waals surface area contributed by atoms with Crippen molar-refractivity contribution in [3.05, 3.63) is 0 Å². The zero-order chi connectivity index (χ0) is 18.0. The fraction of sp³-hybridized carbons (Fsp3) is 0.933. The predicted molar refractivity (Wildman–Crippen MR) is 103 cm³/mol. The highest BCUT2D eigenvalue weighted by atomic mass is 31.2. The summed E-state index contributed by atoms with van der Waals surface area (Å²) < 4.78 is 25.8. The molecule has 0 spiro atoms. The van der Waals surface area contributed by atoms with Gasteiger partial charge in [-0.1, -0.05) is 34.6 Å². The summed E-state index contributed by atoms with van der Waals surface area (Å²) in [6.45, 7) is 22.5. The summed E-state index contributed by atoms with van der Waals surface area (Å²) in [6.07, 6.45) is 1.88. The minimum atomic E-state index is -3.29. The van der Waals surface area contributed by atoms with Crippen LogP contribution in [0.4, 0.5) is 0 Å². The Morgan fingerprint density at radius 3 is 1.55 bits per heavy atom. The molecule has 0 amide bonds. The van der Waals surface area contributed by atoms with Gasteiger partial charge in [0.15, 0.2) is 22.4 Å². The first kappa shape index (κ1) is 22.3. The van der Waals surface area contributed by atoms with E-state index in [1.807, 2.05) is 59.3 Å². The molecule has 4 nitrogen and oxygen atoms in total. The third-order valence-electron chi connectivity index (χ3n) is 2.34. The number of hydrogen-bond acceptors (Lipinski definition) is 4. The van der Waals surface area contributed by atoms with Gasteiger partial charge in [0.05, 0.1) is 0 Å². The smallest absolute Gasteiger partial charge is 0.335 e. The highest BCUT2D eigenvalue weighted by Gasteiger charge is 2.44. The molecule has 132 valence electrons. The summed E-state index contributed by atoms with van der Waals surface area (Å²) in [4.78, 5) is 4.64. The molecule has 0 N–H and O–H groups in total. The fourth-order valence-electron chi connectivity index (χ4n) is 1.81. The van der Waals surface area contributed by atoms with E-state index in [0.29, 0.717) is 0 Å². The lowest BCUT2D eigenvalue weighted by atomic mass is 9.99. The Morgan fingerprint density at radius 2 is 1.32 bits per heavy atom. The second-order valence-corrected chi connectivity index (χ2v) is 20.8. The molecule has 1 atom stereocenters. The lowest BCUT2D eigenvalue weighted by Gasteiger charge is -2.35. The van der Waals surface area contributed by atoms with E-state index >= 15 is 0 Å². The van der Waals surface area contributed by atoms with Crippen molar-refractivity contribution in [2.24, 2.45) is 16.3 Å². The SMILES string of the molecule is CC(C)C(N=CC(C)(C)C)P(=O)(O[Si](C)(C)C)O[Si](C)(C)C. The van der Waals surface area contributed by atoms with Crippen LogP contribution < -0.4 is 0 Å². The van der Waals surface area contributed by atoms with E-state index in [9.17, 15) is 4.57 Å². The van der Waals surface area contributed by atoms with Crippen LogP contribution >= 0.6 is 7.60 Å². The van der Waals surface area contributed by atoms with Crippen molar-refractivity contribution >= 4 is 30.4 Å². The molecule has 22 heavy (non-hydrogen) atoms. The Balaban J connectivity index is 5.77. The number of aliphatic imine (C=N–C) groups is 1. The lowest BCUT2D eigenvalue weighted by molar-refractivity contribution is 0.354. The topological polar surface area (TPSA) is 47.9 Å². The Morgan fingerprint density at radius 1 is 0.955 bits per heavy atom. The van der Waals surface area contributed by atoms with E-state index in [-0.39, 0.29) is 11.3 Å². The fourth-order valence-corrected chi connectivity index (χ4v) is 10.2. The van der Waals surface area contributed by atoms with Gasteiger partial charge < -0.3 is 8.43 Å². The van der Waals surface area contributed by atoms with E-state index < -0.39 is 30.0 Å². The third kappa shape index (κ3) is 9.41. The first-order valence-corrected chi connectivity index (χ1v) is 16.4. The molecule has 0 aromatic carbocycles. The minimum Gasteiger partial charge on any atom is -0.350 e. The quantitative estimate of drug-likeness (QED) is 0.317. The van der Waals surface area contributed by atoms with Gasteiger partial charge in [0.1, 0.15) is 0 Å². The van der Waals surface area contributed by atoms with Crippen molar-refractivity contribution in [2.45, 2.75) is 79.7 Å². The van der Waals surface area contributed by atoms with Gasteiger partial charge in [-0.3, -0.25) is 9.56 Å². The van der Waals surface area contributed by atoms with Crippen LogP contribution in [0.1, 0.15) is 34.6 Å². The summed E-state index contributed by atoms with van der Waals surface area (Å²) in [6, 6.07) is 0. The standard InChI is InChI=1S/C15H36NO3PSi2/c1-13(2)14(16-12-15(3,4)5)20(17,18-21(6,7)8)19-22(9,10)11/h12-14H,1-11H3. The van der Waals surface area contributed by atoms with Gasteiger partial charge in [0.25, 0.3) is 0 Å². The molecule has 0 fully saturated rings. The Kier molecular flexibility index (Phi) is 7.52. The monoisotopic (exact) mass is 365 g/mol. The molecule has 0 bridgehead atoms. The summed E-state index contributed by atoms with van der Waals surface area (Å²) in [5.41, 5.74) is -0.0592. The average molecular weight is 366 g/mol. The molecule has 0 aliphatic heterocycles. The molecule has 0 saturated heterocycles. The van der Waals surface area contributed by atoms with E-state index in [1.54, 1.807) is 0 Å². The van der Waals surface area contributed by atoms with Crippen LogP contribution in [-0.4, -0.2) is 28.6 Å². The predicted octanol–water partition coefficient (Wildman–Crippen LogP) is 5.98. The Hall–Kier alpha value is 0.254. The van der Waals surface area contributed by atoms with Crippen molar-refractivity contribution in [3.63, 3.8) is 0 Å². The lowest BCUT2D eigenvalue weighted by Crippen LogP contribution is -2.34. The van der Waals surface area contributed by atoms with Gasteiger partial charge in [0, 0.05) is 6.21 Å². The largest absolute Gasteiger partial charge is 0.350 e. The molecule has 0 saturated carbocycles. The van der Waals surface area contributed by atoms with Crippen molar-refractivity contribution < 1.29 is 13.0 Å². The maximum atomic E-state index is 13.6. The molecule has 0 radical (unpaired) electrons. The van der Waals surface area contributed by atoms with Gasteiger partial charge in [-0.25, -0.2) is 0 Å². The van der Waals surface area contributed by atoms with E-state index in [1.165, 1.54) is 0 Å². The molecule has 0 aliphatic rings. The molecule has 0 rings (SSSR count). The molecule has 0 aliphatic carbocycles. The first-order valence-electron chi connectivity index (χ1n) is 8.01. The minimum absolute atomic E-state index is 0.0592. The average Bonchev–Trinajstić information content (AvgIpc) is 2.06. The normalized spacial score (nSPS) is 16.5. The first-order chi connectivity index (χ1) is 9.45. The van der Waals surface area contributed by atoms with Gasteiger partial charge in [-0.2, -0.15) is 0 Å². The van der Waals surface area contributed by atoms with Gasteiger partial charge >= 0.3 is 7.60 Å². The second-order valence-electron chi connectivity index (χ2n) is 9.25. The van der Waals surface area contributed by atoms with Crippen LogP contribution in [0.5, 0.6) is 0 Å². The van der Waals surface area contributed by atoms with Crippen LogP contribution in [0.15, 0.2) is 4.99 Å². The van der Waals surface area contributed by atoms with E-state index in [0.717, 1.165) is 0 Å². The molecule has 0 heterocycles. The zero-order valence-corrected chi connectivity index (χ0v) is 19.2. The van der Waals surface area contributed by atoms with Crippen molar-refractivity contribution in [1.29, 1.82) is 0 Å². The highest BCUT2D eigenvalue weighted by molar-refractivity contribution is 7.57. The van der Waals surface area contributed by atoms with E-state index in [2.05, 4.69) is 25.8 Å². The number of rotatable bonds is 7. The van der Waals surface area contributed by atoms with Crippen molar-refractivity contribution in [1.82, 2.24) is 0 Å². The van der Waals surface area contributed by atoms with Crippen molar-refractivity contribution in [3.8, 4) is 0 Å². The molecular weight excluding hydrogens is 329 g/mol. The highest BCUT2D eigenvalue weighted by Crippen LogP contribution is 2.59. The molecule has 7 heteroatoms. The van der Waals surface area contributed by atoms with Crippen molar-refractivity contribution in [2.75, 3.05) is 0 Å². The number of hydrogen-bond donors (Lipinski definition) is 0. The van der Waals surface area contributed by atoms with Crippen LogP contribution in [0.25, 0.3) is 0 Å². The van der Waals surface area contributed by atoms with Crippen LogP contribution in [-0.2, 0) is 13.0 Å². The van der Waals surface area contributed by atoms with E-state index in [4.69, 9.17) is 8.43 Å². The van der Waals surface area contributed by atoms with Crippen LogP contribution in [0.2, 0.25) is 39.3 Å². The third-order valence-corrected chi connectivity index (χ3v) is 10.1. The summed E-state index contributed by atoms with van der Waals surface area (Å²) in [7, 11) is -7.32. The van der Waals surface area contributed by atoms with Crippen LogP contribution in [0, 0.1) is 11.3 Å². The van der Waals surface area contributed by atoms with Crippen LogP contribution in [0.3, 0.4) is 0 Å². The van der Waals surface area contributed by atoms with Gasteiger partial charge in [-0.05, 0) is 50.6 Å². The summed E-state index contributed by atoms with van der Waals surface area (Å²) >= 11 is 0. The van der Waals surface area contributed by atoms with Gasteiger partial charge in [-0.15, -0.1) is 0 Å². The molecular formula is C15H36NO3PSi2. The Labute approximate surface area is 139 Å². The molecule has 1 unspecified atom stereocenters. The molecule has 0 aromatic heterocycles. The second kappa shape index (κ2) is 7.43. The van der Waals surface area contributed by atoms with Gasteiger partial charge in [0.2, 0.25) is 0 Å². The maximum absolute atomic E-state index is 13.6. The zero-order valence-electron chi connectivity index (χ0n) is 16.4.